The van der Waals surface area contributed by atoms with E-state index in [1.807, 2.05) is 12.1 Å². The number of halogens is 1. The standard InChI is InChI=1S/C15H22ClN3/c16-15-8-3-5-12(18-15)11-19-10-2-1-7-14(19)13-6-4-9-17-13/h3,5,8,13-14,17H,1-2,4,6-7,9-11H2. The van der Waals surface area contributed by atoms with Crippen LogP contribution >= 0.6 is 11.6 Å². The van der Waals surface area contributed by atoms with Crippen molar-refractivity contribution >= 4 is 11.6 Å². The van der Waals surface area contributed by atoms with E-state index in [2.05, 4.69) is 21.3 Å². The summed E-state index contributed by atoms with van der Waals surface area (Å²) in [4.78, 5) is 7.03. The SMILES string of the molecule is Clc1cccc(CN2CCCCC2C2CCCN2)n1. The average molecular weight is 280 g/mol. The second kappa shape index (κ2) is 6.21. The zero-order valence-corrected chi connectivity index (χ0v) is 12.1. The Labute approximate surface area is 120 Å². The van der Waals surface area contributed by atoms with Gasteiger partial charge in [-0.15, -0.1) is 0 Å². The van der Waals surface area contributed by atoms with Crippen molar-refractivity contribution < 1.29 is 0 Å². The molecule has 2 unspecified atom stereocenters. The topological polar surface area (TPSA) is 28.2 Å². The number of rotatable bonds is 3. The van der Waals surface area contributed by atoms with E-state index in [9.17, 15) is 0 Å². The molecule has 3 nitrogen and oxygen atoms in total. The zero-order valence-electron chi connectivity index (χ0n) is 11.3. The zero-order chi connectivity index (χ0) is 13.1. The van der Waals surface area contributed by atoms with Gasteiger partial charge in [0.25, 0.3) is 0 Å². The van der Waals surface area contributed by atoms with E-state index in [-0.39, 0.29) is 0 Å². The predicted molar refractivity (Wildman–Crippen MR) is 78.3 cm³/mol. The van der Waals surface area contributed by atoms with Crippen LogP contribution in [-0.2, 0) is 6.54 Å². The number of piperidine rings is 1. The lowest BCUT2D eigenvalue weighted by Gasteiger charge is -2.39. The van der Waals surface area contributed by atoms with Crippen molar-refractivity contribution in [1.82, 2.24) is 15.2 Å². The van der Waals surface area contributed by atoms with E-state index in [4.69, 9.17) is 11.6 Å². The molecule has 2 atom stereocenters. The second-order valence-electron chi connectivity index (χ2n) is 5.69. The molecule has 1 N–H and O–H groups in total. The van der Waals surface area contributed by atoms with Crippen molar-refractivity contribution in [2.24, 2.45) is 0 Å². The summed E-state index contributed by atoms with van der Waals surface area (Å²) in [6, 6.07) is 7.28. The molecular formula is C15H22ClN3. The molecule has 0 bridgehead atoms. The van der Waals surface area contributed by atoms with E-state index in [1.165, 1.54) is 45.2 Å². The number of nitrogens with one attached hydrogen (secondary N) is 1. The molecule has 2 fully saturated rings. The van der Waals surface area contributed by atoms with Gasteiger partial charge >= 0.3 is 0 Å². The third kappa shape index (κ3) is 3.28. The summed E-state index contributed by atoms with van der Waals surface area (Å²) in [5.41, 5.74) is 1.09. The Balaban J connectivity index is 1.69. The van der Waals surface area contributed by atoms with Crippen LogP contribution in [-0.4, -0.2) is 35.1 Å². The first-order valence-electron chi connectivity index (χ1n) is 7.42. The van der Waals surface area contributed by atoms with Gasteiger partial charge in [0, 0.05) is 18.6 Å². The highest BCUT2D eigenvalue weighted by molar-refractivity contribution is 6.29. The number of hydrogen-bond acceptors (Lipinski definition) is 3. The van der Waals surface area contributed by atoms with Crippen LogP contribution in [0.5, 0.6) is 0 Å². The van der Waals surface area contributed by atoms with Crippen molar-refractivity contribution in [3.63, 3.8) is 0 Å². The summed E-state index contributed by atoms with van der Waals surface area (Å²) in [5, 5.41) is 4.27. The van der Waals surface area contributed by atoms with Gasteiger partial charge < -0.3 is 5.32 Å². The minimum Gasteiger partial charge on any atom is -0.312 e. The summed E-state index contributed by atoms with van der Waals surface area (Å²) < 4.78 is 0. The fraction of sp³-hybridized carbons (Fsp3) is 0.667. The van der Waals surface area contributed by atoms with Crippen molar-refractivity contribution in [2.45, 2.75) is 50.7 Å². The van der Waals surface area contributed by atoms with Crippen LogP contribution in [0.25, 0.3) is 0 Å². The van der Waals surface area contributed by atoms with Crippen LogP contribution in [0.3, 0.4) is 0 Å². The molecule has 0 aliphatic carbocycles. The predicted octanol–water partition coefficient (Wildman–Crippen LogP) is 2.84. The molecule has 2 saturated heterocycles. The maximum atomic E-state index is 5.98. The van der Waals surface area contributed by atoms with Gasteiger partial charge in [0.15, 0.2) is 0 Å². The van der Waals surface area contributed by atoms with Crippen LogP contribution in [0.15, 0.2) is 18.2 Å². The maximum Gasteiger partial charge on any atom is 0.129 e. The van der Waals surface area contributed by atoms with Gasteiger partial charge in [0.05, 0.1) is 5.69 Å². The summed E-state index contributed by atoms with van der Waals surface area (Å²) in [6.07, 6.45) is 6.64. The molecule has 19 heavy (non-hydrogen) atoms. The Bertz CT molecular complexity index is 418. The average Bonchev–Trinajstić information content (AvgIpc) is 2.93. The van der Waals surface area contributed by atoms with Gasteiger partial charge in [0.2, 0.25) is 0 Å². The van der Waals surface area contributed by atoms with Crippen molar-refractivity contribution in [2.75, 3.05) is 13.1 Å². The molecule has 0 aromatic carbocycles. The fourth-order valence-corrected chi connectivity index (χ4v) is 3.64. The first kappa shape index (κ1) is 13.3. The van der Waals surface area contributed by atoms with Gasteiger partial charge in [0.1, 0.15) is 5.15 Å². The molecule has 0 radical (unpaired) electrons. The molecule has 0 spiro atoms. The summed E-state index contributed by atoms with van der Waals surface area (Å²) in [5.74, 6) is 0. The van der Waals surface area contributed by atoms with Crippen LogP contribution < -0.4 is 5.32 Å². The molecule has 0 amide bonds. The second-order valence-corrected chi connectivity index (χ2v) is 6.08. The Morgan fingerprint density at radius 1 is 1.26 bits per heavy atom. The number of pyridine rings is 1. The van der Waals surface area contributed by atoms with Gasteiger partial charge in [-0.25, -0.2) is 4.98 Å². The van der Waals surface area contributed by atoms with Crippen LogP contribution in [0.4, 0.5) is 0 Å². The van der Waals surface area contributed by atoms with Crippen LogP contribution in [0.2, 0.25) is 5.15 Å². The highest BCUT2D eigenvalue weighted by atomic mass is 35.5. The number of likely N-dealkylation sites (tertiary alicyclic amines) is 1. The lowest BCUT2D eigenvalue weighted by atomic mass is 9.94. The van der Waals surface area contributed by atoms with Crippen LogP contribution in [0.1, 0.15) is 37.8 Å². The smallest absolute Gasteiger partial charge is 0.129 e. The quantitative estimate of drug-likeness (QED) is 0.863. The Morgan fingerprint density at radius 2 is 2.21 bits per heavy atom. The molecule has 2 aliphatic rings. The number of nitrogens with zero attached hydrogens (tertiary/aromatic N) is 2. The van der Waals surface area contributed by atoms with Crippen LogP contribution in [0, 0.1) is 0 Å². The van der Waals surface area contributed by atoms with E-state index >= 15 is 0 Å². The molecule has 2 aliphatic heterocycles. The minimum atomic E-state index is 0.602. The minimum absolute atomic E-state index is 0.602. The van der Waals surface area contributed by atoms with Gasteiger partial charge in [-0.1, -0.05) is 24.1 Å². The fourth-order valence-electron chi connectivity index (χ4n) is 3.46. The van der Waals surface area contributed by atoms with E-state index in [0.29, 0.717) is 17.2 Å². The molecule has 3 heterocycles. The molecular weight excluding hydrogens is 258 g/mol. The van der Waals surface area contributed by atoms with Gasteiger partial charge in [-0.05, 0) is 50.9 Å². The van der Waals surface area contributed by atoms with Gasteiger partial charge in [-0.2, -0.15) is 0 Å². The lowest BCUT2D eigenvalue weighted by molar-refractivity contribution is 0.111. The third-order valence-electron chi connectivity index (χ3n) is 4.36. The lowest BCUT2D eigenvalue weighted by Crippen LogP contribution is -2.49. The largest absolute Gasteiger partial charge is 0.312 e. The molecule has 3 rings (SSSR count). The normalized spacial score (nSPS) is 28.7. The molecule has 104 valence electrons. The van der Waals surface area contributed by atoms with Crippen molar-refractivity contribution in [1.29, 1.82) is 0 Å². The molecule has 1 aromatic rings. The Kier molecular flexibility index (Phi) is 4.36. The molecule has 1 aromatic heterocycles. The number of hydrogen-bond donors (Lipinski definition) is 1. The van der Waals surface area contributed by atoms with Crippen molar-refractivity contribution in [3.8, 4) is 0 Å². The van der Waals surface area contributed by atoms with Gasteiger partial charge in [-0.3, -0.25) is 4.90 Å². The summed E-state index contributed by atoms with van der Waals surface area (Å²) in [6.45, 7) is 3.31. The summed E-state index contributed by atoms with van der Waals surface area (Å²) in [7, 11) is 0. The monoisotopic (exact) mass is 279 g/mol. The maximum absolute atomic E-state index is 5.98. The first-order valence-corrected chi connectivity index (χ1v) is 7.79. The van der Waals surface area contributed by atoms with E-state index < -0.39 is 0 Å². The third-order valence-corrected chi connectivity index (χ3v) is 4.58. The molecule has 0 saturated carbocycles. The Morgan fingerprint density at radius 3 is 3.00 bits per heavy atom. The molecule has 4 heteroatoms. The Hall–Kier alpha value is -0.640. The highest BCUT2D eigenvalue weighted by Crippen LogP contribution is 2.25. The number of aromatic nitrogens is 1. The highest BCUT2D eigenvalue weighted by Gasteiger charge is 2.31. The van der Waals surface area contributed by atoms with E-state index in [1.54, 1.807) is 0 Å². The summed E-state index contributed by atoms with van der Waals surface area (Å²) >= 11 is 5.98. The first-order chi connectivity index (χ1) is 9.33. The van der Waals surface area contributed by atoms with E-state index in [0.717, 1.165) is 12.2 Å². The van der Waals surface area contributed by atoms with Crippen molar-refractivity contribution in [3.05, 3.63) is 29.0 Å².